The van der Waals surface area contributed by atoms with Gasteiger partial charge in [-0.05, 0) is 13.3 Å². The predicted molar refractivity (Wildman–Crippen MR) is 121 cm³/mol. The van der Waals surface area contributed by atoms with E-state index in [0.717, 1.165) is 0 Å². The molecule has 0 aromatic carbocycles. The molecule has 3 rings (SSSR count). The topological polar surface area (TPSA) is 136 Å². The molecular formula is C20H28F2N4O6S2. The summed E-state index contributed by atoms with van der Waals surface area (Å²) >= 11 is 1.34. The lowest BCUT2D eigenvalue weighted by molar-refractivity contribution is -0.158. The number of carbonyl (C=O) groups is 4. The molecule has 10 nitrogen and oxygen atoms in total. The van der Waals surface area contributed by atoms with Crippen LogP contribution in [-0.4, -0.2) is 98.3 Å². The standard InChI is InChI=1S/C20H28F2N4O6S2/c1-8-14-13(9(2)24-12(27)7-34(32)20(21)22)18(29)26(14)15(19(30)31)16(8)33-10-5-11(23-6-10)17(28)25(3)4/h8-11,13-14,20,23H,5-7H2,1-4H3,(H,24,27)(H,30,31)/t8-,9?,10+,11+,13-,14-,34?/m1/s1. The molecular weight excluding hydrogens is 494 g/mol. The maximum absolute atomic E-state index is 12.9. The van der Waals surface area contributed by atoms with Crippen LogP contribution in [0.5, 0.6) is 0 Å². The van der Waals surface area contributed by atoms with Gasteiger partial charge >= 0.3 is 11.7 Å². The SMILES string of the molecule is CC(NC(=O)CS(=O)C(F)F)[C@H]1C(=O)N2C(C(=O)O)=C(S[C@@H]3CN[C@H](C(=O)N(C)C)C3)[C@H](C)[C@H]12. The Morgan fingerprint density at radius 1 is 1.35 bits per heavy atom. The number of carboxylic acid groups (broad SMARTS) is 1. The summed E-state index contributed by atoms with van der Waals surface area (Å²) in [4.78, 5) is 52.4. The highest BCUT2D eigenvalue weighted by Crippen LogP contribution is 2.51. The van der Waals surface area contributed by atoms with E-state index in [-0.39, 0.29) is 28.8 Å². The number of hydrogen-bond donors (Lipinski definition) is 3. The first-order chi connectivity index (χ1) is 15.8. The van der Waals surface area contributed by atoms with E-state index in [0.29, 0.717) is 17.9 Å². The van der Waals surface area contributed by atoms with Gasteiger partial charge in [-0.25, -0.2) is 4.79 Å². The van der Waals surface area contributed by atoms with E-state index in [2.05, 4.69) is 10.6 Å². The summed E-state index contributed by atoms with van der Waals surface area (Å²) in [7, 11) is 0.697. The molecule has 0 aliphatic carbocycles. The zero-order valence-corrected chi connectivity index (χ0v) is 20.8. The highest BCUT2D eigenvalue weighted by atomic mass is 32.2. The first-order valence-electron chi connectivity index (χ1n) is 10.7. The van der Waals surface area contributed by atoms with Crippen LogP contribution < -0.4 is 10.6 Å². The summed E-state index contributed by atoms with van der Waals surface area (Å²) in [6.45, 7) is 3.86. The number of carbonyl (C=O) groups excluding carboxylic acids is 3. The van der Waals surface area contributed by atoms with Gasteiger partial charge in [-0.15, -0.1) is 11.8 Å². The lowest BCUT2D eigenvalue weighted by Crippen LogP contribution is -2.66. The van der Waals surface area contributed by atoms with Crippen LogP contribution in [0.4, 0.5) is 8.78 Å². The lowest BCUT2D eigenvalue weighted by Gasteiger charge is -2.47. The van der Waals surface area contributed by atoms with Crippen molar-refractivity contribution in [2.24, 2.45) is 11.8 Å². The molecule has 3 aliphatic rings. The van der Waals surface area contributed by atoms with E-state index < -0.39 is 58.1 Å². The molecule has 2 saturated heterocycles. The highest BCUT2D eigenvalue weighted by molar-refractivity contribution is 8.03. The Labute approximate surface area is 202 Å². The van der Waals surface area contributed by atoms with Crippen molar-refractivity contribution in [3.05, 3.63) is 10.6 Å². The highest BCUT2D eigenvalue weighted by Gasteiger charge is 2.60. The van der Waals surface area contributed by atoms with Gasteiger partial charge in [-0.2, -0.15) is 8.78 Å². The van der Waals surface area contributed by atoms with Crippen molar-refractivity contribution in [3.63, 3.8) is 0 Å². The molecule has 3 heterocycles. The second kappa shape index (κ2) is 10.3. The number of halogens is 2. The average Bonchev–Trinajstić information content (AvgIpc) is 3.29. The third-order valence-electron chi connectivity index (χ3n) is 6.31. The normalized spacial score (nSPS) is 30.1. The molecule has 0 aromatic rings. The van der Waals surface area contributed by atoms with Crippen LogP contribution in [0.3, 0.4) is 0 Å². The Hall–Kier alpha value is -2.06. The van der Waals surface area contributed by atoms with Gasteiger partial charge in [0.1, 0.15) is 11.4 Å². The number of nitrogens with one attached hydrogen (secondary N) is 2. The molecule has 3 aliphatic heterocycles. The summed E-state index contributed by atoms with van der Waals surface area (Å²) < 4.78 is 36.2. The van der Waals surface area contributed by atoms with Crippen molar-refractivity contribution in [1.29, 1.82) is 0 Å². The maximum atomic E-state index is 12.9. The third-order valence-corrected chi connectivity index (χ3v) is 8.77. The van der Waals surface area contributed by atoms with Crippen molar-refractivity contribution in [3.8, 4) is 0 Å². The Morgan fingerprint density at radius 2 is 2.00 bits per heavy atom. The number of nitrogens with zero attached hydrogens (tertiary/aromatic N) is 2. The molecule has 0 bridgehead atoms. The Kier molecular flexibility index (Phi) is 8.03. The minimum Gasteiger partial charge on any atom is -0.477 e. The van der Waals surface area contributed by atoms with E-state index in [1.54, 1.807) is 27.9 Å². The largest absolute Gasteiger partial charge is 0.477 e. The number of hydrogen-bond acceptors (Lipinski definition) is 7. The summed E-state index contributed by atoms with van der Waals surface area (Å²) in [6.07, 6.45) is 0.514. The van der Waals surface area contributed by atoms with Gasteiger partial charge in [0.15, 0.2) is 0 Å². The van der Waals surface area contributed by atoms with Crippen LogP contribution in [0.15, 0.2) is 10.6 Å². The number of fused-ring (bicyclic) bond motifs is 1. The van der Waals surface area contributed by atoms with Crippen LogP contribution in [0.25, 0.3) is 0 Å². The second-order valence-corrected chi connectivity index (χ2v) is 11.6. The quantitative estimate of drug-likeness (QED) is 0.354. The molecule has 0 aromatic heterocycles. The molecule has 7 atom stereocenters. The monoisotopic (exact) mass is 522 g/mol. The van der Waals surface area contributed by atoms with Gasteiger partial charge in [0.05, 0.1) is 28.8 Å². The van der Waals surface area contributed by atoms with Crippen molar-refractivity contribution >= 4 is 46.3 Å². The first-order valence-corrected chi connectivity index (χ1v) is 13.0. The van der Waals surface area contributed by atoms with Gasteiger partial charge in [0.25, 0.3) is 0 Å². The second-order valence-electron chi connectivity index (χ2n) is 8.84. The van der Waals surface area contributed by atoms with Gasteiger partial charge in [-0.3, -0.25) is 18.6 Å². The molecule has 2 unspecified atom stereocenters. The van der Waals surface area contributed by atoms with Crippen LogP contribution in [-0.2, 0) is 30.0 Å². The van der Waals surface area contributed by atoms with Crippen LogP contribution in [0.1, 0.15) is 20.3 Å². The fraction of sp³-hybridized carbons (Fsp3) is 0.700. The van der Waals surface area contributed by atoms with Crippen molar-refractivity contribution in [1.82, 2.24) is 20.4 Å². The first kappa shape index (κ1) is 26.5. The minimum absolute atomic E-state index is 0.0607. The fourth-order valence-electron chi connectivity index (χ4n) is 4.75. The van der Waals surface area contributed by atoms with Crippen LogP contribution >= 0.6 is 11.8 Å². The Morgan fingerprint density at radius 3 is 2.56 bits per heavy atom. The van der Waals surface area contributed by atoms with E-state index in [4.69, 9.17) is 0 Å². The average molecular weight is 523 g/mol. The maximum Gasteiger partial charge on any atom is 0.353 e. The number of amides is 3. The third kappa shape index (κ3) is 4.98. The number of rotatable bonds is 9. The van der Waals surface area contributed by atoms with Crippen molar-refractivity contribution in [2.75, 3.05) is 26.4 Å². The number of β-lactam (4-membered cyclic amide) rings is 1. The van der Waals surface area contributed by atoms with E-state index in [1.807, 2.05) is 0 Å². The molecule has 0 saturated carbocycles. The molecule has 3 N–H and O–H groups in total. The number of likely N-dealkylation sites (N-methyl/N-ethyl adjacent to an activating group) is 1. The predicted octanol–water partition coefficient (Wildman–Crippen LogP) is -0.213. The number of thioether (sulfide) groups is 1. The molecule has 34 heavy (non-hydrogen) atoms. The minimum atomic E-state index is -3.14. The van der Waals surface area contributed by atoms with Crippen molar-refractivity contribution in [2.45, 2.75) is 49.4 Å². The Bertz CT molecular complexity index is 946. The van der Waals surface area contributed by atoms with Crippen LogP contribution in [0.2, 0.25) is 0 Å². The lowest BCUT2D eigenvalue weighted by atomic mass is 9.78. The summed E-state index contributed by atoms with van der Waals surface area (Å²) in [5.74, 6) is -7.74. The van der Waals surface area contributed by atoms with E-state index in [9.17, 15) is 37.3 Å². The molecule has 3 amide bonds. The van der Waals surface area contributed by atoms with Gasteiger partial charge in [0.2, 0.25) is 17.7 Å². The zero-order chi connectivity index (χ0) is 25.5. The van der Waals surface area contributed by atoms with Crippen LogP contribution in [0, 0.1) is 11.8 Å². The summed E-state index contributed by atoms with van der Waals surface area (Å²) in [5, 5.41) is 15.4. The molecule has 0 radical (unpaired) electrons. The molecule has 0 spiro atoms. The zero-order valence-electron chi connectivity index (χ0n) is 19.1. The Balaban J connectivity index is 1.70. The summed E-state index contributed by atoms with van der Waals surface area (Å²) in [5.41, 5.74) is -0.0940. The van der Waals surface area contributed by atoms with Crippen molar-refractivity contribution < 1.29 is 37.3 Å². The van der Waals surface area contributed by atoms with E-state index in [1.165, 1.54) is 21.6 Å². The van der Waals surface area contributed by atoms with Gasteiger partial charge < -0.3 is 25.5 Å². The van der Waals surface area contributed by atoms with Gasteiger partial charge in [-0.1, -0.05) is 6.92 Å². The fourth-order valence-corrected chi connectivity index (χ4v) is 6.69. The number of carboxylic acids is 1. The van der Waals surface area contributed by atoms with E-state index >= 15 is 0 Å². The molecule has 14 heteroatoms. The number of alkyl halides is 2. The van der Waals surface area contributed by atoms with Gasteiger partial charge in [0, 0.05) is 42.8 Å². The molecule has 190 valence electrons. The molecule has 2 fully saturated rings. The smallest absolute Gasteiger partial charge is 0.353 e. The number of aliphatic carboxylic acids is 1. The summed E-state index contributed by atoms with van der Waals surface area (Å²) in [6, 6.07) is -1.63.